The molecule has 166 valence electrons. The number of aliphatic hydroxyl groups excluding tert-OH is 2. The first kappa shape index (κ1) is 19.7. The highest BCUT2D eigenvalue weighted by atomic mass is 16.5. The van der Waals surface area contributed by atoms with E-state index in [2.05, 4.69) is 0 Å². The third-order valence-electron chi connectivity index (χ3n) is 7.13. The molecule has 2 fully saturated rings. The Morgan fingerprint density at radius 1 is 0.625 bits per heavy atom. The molecule has 0 aromatic heterocycles. The molecule has 0 saturated heterocycles. The predicted molar refractivity (Wildman–Crippen MR) is 120 cm³/mol. The van der Waals surface area contributed by atoms with Crippen LogP contribution in [0.4, 0.5) is 0 Å². The minimum Gasteiger partial charge on any atom is -0.507 e. The highest BCUT2D eigenvalue weighted by molar-refractivity contribution is 5.83. The number of hydrogen-bond donors (Lipinski definition) is 4. The van der Waals surface area contributed by atoms with Gasteiger partial charge in [0.1, 0.15) is 35.2 Å². The van der Waals surface area contributed by atoms with Crippen LogP contribution >= 0.6 is 0 Å². The first-order valence-corrected chi connectivity index (χ1v) is 11.3. The highest BCUT2D eigenvalue weighted by Crippen LogP contribution is 2.47. The monoisotopic (exact) mass is 434 g/mol. The first-order chi connectivity index (χ1) is 15.5. The largest absolute Gasteiger partial charge is 0.507 e. The normalized spacial score (nSPS) is 28.1. The average Bonchev–Trinajstić information content (AvgIpc) is 2.77. The molecule has 2 unspecified atom stereocenters. The van der Waals surface area contributed by atoms with Crippen molar-refractivity contribution in [3.8, 4) is 34.1 Å². The van der Waals surface area contributed by atoms with Gasteiger partial charge in [-0.1, -0.05) is 0 Å². The highest BCUT2D eigenvalue weighted by Gasteiger charge is 2.33. The molecule has 6 heteroatoms. The Bertz CT molecular complexity index is 1070. The molecule has 32 heavy (non-hydrogen) atoms. The van der Waals surface area contributed by atoms with Crippen molar-refractivity contribution in [2.45, 2.75) is 62.9 Å². The van der Waals surface area contributed by atoms with Crippen LogP contribution in [-0.4, -0.2) is 44.8 Å². The molecule has 2 aromatic rings. The maximum absolute atomic E-state index is 10.8. The van der Waals surface area contributed by atoms with Gasteiger partial charge in [-0.05, 0) is 86.1 Å². The topological polar surface area (TPSA) is 99.4 Å². The lowest BCUT2D eigenvalue weighted by Crippen LogP contribution is -2.33. The molecule has 0 radical (unpaired) electrons. The molecule has 2 heterocycles. The summed E-state index contributed by atoms with van der Waals surface area (Å²) in [6, 6.07) is 6.72. The van der Waals surface area contributed by atoms with E-state index in [1.54, 1.807) is 24.3 Å². The molecule has 0 spiro atoms. The second kappa shape index (κ2) is 7.29. The zero-order valence-corrected chi connectivity index (χ0v) is 17.6. The van der Waals surface area contributed by atoms with Crippen molar-refractivity contribution in [3.63, 3.8) is 0 Å². The third kappa shape index (κ3) is 3.09. The van der Waals surface area contributed by atoms with Gasteiger partial charge in [0.2, 0.25) is 0 Å². The molecule has 2 saturated carbocycles. The number of phenolic OH excluding ortho intramolecular Hbond substituents is 2. The minimum absolute atomic E-state index is 0.0170. The van der Waals surface area contributed by atoms with Crippen molar-refractivity contribution < 1.29 is 29.9 Å². The van der Waals surface area contributed by atoms with Gasteiger partial charge in [-0.25, -0.2) is 0 Å². The van der Waals surface area contributed by atoms with Crippen LogP contribution in [0.25, 0.3) is 23.3 Å². The smallest absolute Gasteiger partial charge is 0.128 e. The summed E-state index contributed by atoms with van der Waals surface area (Å²) in [4.78, 5) is 0. The van der Waals surface area contributed by atoms with E-state index in [-0.39, 0.29) is 23.7 Å². The molecule has 0 bridgehead atoms. The summed E-state index contributed by atoms with van der Waals surface area (Å²) >= 11 is 0. The van der Waals surface area contributed by atoms with Gasteiger partial charge in [0.05, 0.1) is 12.2 Å². The molecule has 4 N–H and O–H groups in total. The van der Waals surface area contributed by atoms with Crippen molar-refractivity contribution in [2.24, 2.45) is 0 Å². The molecule has 4 aliphatic rings. The van der Waals surface area contributed by atoms with Crippen LogP contribution in [-0.2, 0) is 0 Å². The van der Waals surface area contributed by atoms with Gasteiger partial charge in [-0.15, -0.1) is 0 Å². The average molecular weight is 434 g/mol. The van der Waals surface area contributed by atoms with E-state index in [1.165, 1.54) is 0 Å². The molecule has 2 aliphatic heterocycles. The maximum atomic E-state index is 10.8. The summed E-state index contributed by atoms with van der Waals surface area (Å²) in [5, 5.41) is 42.2. The van der Waals surface area contributed by atoms with Gasteiger partial charge in [-0.2, -0.15) is 0 Å². The van der Waals surface area contributed by atoms with Crippen molar-refractivity contribution in [3.05, 3.63) is 46.5 Å². The van der Waals surface area contributed by atoms with Crippen LogP contribution in [0.15, 0.2) is 35.4 Å². The van der Waals surface area contributed by atoms with Crippen LogP contribution in [0.1, 0.15) is 49.7 Å². The maximum Gasteiger partial charge on any atom is 0.128 e. The number of fused-ring (bicyclic) bond motifs is 4. The summed E-state index contributed by atoms with van der Waals surface area (Å²) in [6.45, 7) is 0. The standard InChI is InChI=1S/C26H26O6/c27-19-3-1-5-23-17(19)7-13-9-21(29)15(11-25(13)31-23)16-12-26-14(10-22(16)30)8-18-20(28)4-2-6-24(18)32-26/h7-12,19-20,23-24,27-30H,1-6H2/t19-,20-,23?,24?/m0/s1. The number of rotatable bonds is 1. The Morgan fingerprint density at radius 3 is 1.50 bits per heavy atom. The summed E-state index contributed by atoms with van der Waals surface area (Å²) in [5.74, 6) is 1.28. The van der Waals surface area contributed by atoms with Crippen molar-refractivity contribution in [1.29, 1.82) is 0 Å². The first-order valence-electron chi connectivity index (χ1n) is 11.3. The van der Waals surface area contributed by atoms with Gasteiger partial charge >= 0.3 is 0 Å². The van der Waals surface area contributed by atoms with E-state index in [9.17, 15) is 20.4 Å². The molecular formula is C26H26O6. The lowest BCUT2D eigenvalue weighted by molar-refractivity contribution is 0.111. The second-order valence-electron chi connectivity index (χ2n) is 9.21. The van der Waals surface area contributed by atoms with Crippen LogP contribution < -0.4 is 9.47 Å². The van der Waals surface area contributed by atoms with Gasteiger partial charge in [0.15, 0.2) is 0 Å². The fraction of sp³-hybridized carbons (Fsp3) is 0.385. The third-order valence-corrected chi connectivity index (χ3v) is 7.13. The van der Waals surface area contributed by atoms with Gasteiger partial charge in [0.25, 0.3) is 0 Å². The van der Waals surface area contributed by atoms with Crippen molar-refractivity contribution in [2.75, 3.05) is 0 Å². The summed E-state index contributed by atoms with van der Waals surface area (Å²) in [6.07, 6.45) is 7.41. The number of aromatic hydroxyl groups is 2. The Labute approximate surface area is 186 Å². The van der Waals surface area contributed by atoms with E-state index in [4.69, 9.17) is 9.47 Å². The zero-order chi connectivity index (χ0) is 22.0. The number of aliphatic hydroxyl groups is 2. The lowest BCUT2D eigenvalue weighted by atomic mass is 9.85. The molecule has 0 amide bonds. The fourth-order valence-electron chi connectivity index (χ4n) is 5.42. The Kier molecular flexibility index (Phi) is 4.49. The van der Waals surface area contributed by atoms with Crippen LogP contribution in [0, 0.1) is 0 Å². The van der Waals surface area contributed by atoms with Crippen LogP contribution in [0.2, 0.25) is 0 Å². The summed E-state index contributed by atoms with van der Waals surface area (Å²) < 4.78 is 12.3. The van der Waals surface area contributed by atoms with E-state index in [0.717, 1.165) is 60.8 Å². The van der Waals surface area contributed by atoms with E-state index >= 15 is 0 Å². The predicted octanol–water partition coefficient (Wildman–Crippen LogP) is 4.14. The lowest BCUT2D eigenvalue weighted by Gasteiger charge is -2.34. The van der Waals surface area contributed by atoms with Gasteiger partial charge in [0, 0.05) is 22.3 Å². The molecule has 2 aliphatic carbocycles. The van der Waals surface area contributed by atoms with E-state index < -0.39 is 12.2 Å². The van der Waals surface area contributed by atoms with Crippen molar-refractivity contribution >= 4 is 12.2 Å². The summed E-state index contributed by atoms with van der Waals surface area (Å²) in [5.41, 5.74) is 4.07. The van der Waals surface area contributed by atoms with Gasteiger partial charge < -0.3 is 29.9 Å². The minimum atomic E-state index is -0.512. The molecular weight excluding hydrogens is 408 g/mol. The van der Waals surface area contributed by atoms with Crippen LogP contribution in [0.5, 0.6) is 23.0 Å². The number of benzene rings is 2. The fourth-order valence-corrected chi connectivity index (χ4v) is 5.42. The van der Waals surface area contributed by atoms with Crippen molar-refractivity contribution in [1.82, 2.24) is 0 Å². The van der Waals surface area contributed by atoms with Gasteiger partial charge in [-0.3, -0.25) is 0 Å². The molecule has 4 atom stereocenters. The number of ether oxygens (including phenoxy) is 2. The molecule has 6 rings (SSSR count). The van der Waals surface area contributed by atoms with E-state index in [1.807, 2.05) is 12.2 Å². The summed E-state index contributed by atoms with van der Waals surface area (Å²) in [7, 11) is 0. The van der Waals surface area contributed by atoms with Crippen LogP contribution in [0.3, 0.4) is 0 Å². The Balaban J connectivity index is 1.41. The SMILES string of the molecule is Oc1cc2c(cc1-c1cc3c(cc1O)C=C1C(CCC[C@@H]1O)O3)OC1CCC[C@H](O)C1=C2. The second-order valence-corrected chi connectivity index (χ2v) is 9.21. The Hall–Kier alpha value is -2.96. The Morgan fingerprint density at radius 2 is 1.06 bits per heavy atom. The number of hydrogen-bond acceptors (Lipinski definition) is 6. The molecule has 6 nitrogen and oxygen atoms in total. The zero-order valence-electron chi connectivity index (χ0n) is 17.6. The quantitative estimate of drug-likeness (QED) is 0.538. The number of phenols is 2. The van der Waals surface area contributed by atoms with E-state index in [0.29, 0.717) is 22.6 Å². The molecule has 2 aromatic carbocycles.